The van der Waals surface area contributed by atoms with Crippen molar-refractivity contribution >= 4 is 11.8 Å². The van der Waals surface area contributed by atoms with E-state index >= 15 is 0 Å². The molecule has 1 aromatic carbocycles. The van der Waals surface area contributed by atoms with Gasteiger partial charge >= 0.3 is 0 Å². The summed E-state index contributed by atoms with van der Waals surface area (Å²) in [6, 6.07) is 7.07. The fourth-order valence-corrected chi connectivity index (χ4v) is 1.81. The molecule has 0 aliphatic heterocycles. The fraction of sp³-hybridized carbons (Fsp3) is 0.400. The first-order chi connectivity index (χ1) is 10.2. The Hall–Kier alpha value is -2.24. The Morgan fingerprint density at radius 3 is 2.86 bits per heavy atom. The smallest absolute Gasteiger partial charge is 0.244 e. The Labute approximate surface area is 124 Å². The van der Waals surface area contributed by atoms with E-state index in [-0.39, 0.29) is 5.82 Å². The molecule has 0 saturated carbocycles. The van der Waals surface area contributed by atoms with Crippen molar-refractivity contribution < 1.29 is 4.39 Å². The summed E-state index contributed by atoms with van der Waals surface area (Å²) in [7, 11) is 0. The molecule has 0 spiro atoms. The topological polar surface area (TPSA) is 62.7 Å². The number of anilines is 2. The van der Waals surface area contributed by atoms with Crippen LogP contribution in [-0.2, 0) is 6.42 Å². The monoisotopic (exact) mass is 289 g/mol. The van der Waals surface area contributed by atoms with Crippen molar-refractivity contribution in [2.75, 3.05) is 17.2 Å². The zero-order valence-corrected chi connectivity index (χ0v) is 12.3. The normalized spacial score (nSPS) is 12.0. The molecule has 0 saturated heterocycles. The molecule has 0 aliphatic rings. The van der Waals surface area contributed by atoms with Crippen molar-refractivity contribution in [2.45, 2.75) is 32.7 Å². The van der Waals surface area contributed by atoms with Gasteiger partial charge in [0, 0.05) is 12.6 Å². The van der Waals surface area contributed by atoms with E-state index in [1.165, 1.54) is 6.07 Å². The van der Waals surface area contributed by atoms with Crippen LogP contribution in [0.3, 0.4) is 0 Å². The highest BCUT2D eigenvalue weighted by Crippen LogP contribution is 2.09. The lowest BCUT2D eigenvalue weighted by Gasteiger charge is -2.12. The quantitative estimate of drug-likeness (QED) is 0.820. The van der Waals surface area contributed by atoms with Crippen LogP contribution in [0.5, 0.6) is 0 Å². The number of aromatic nitrogens is 3. The molecule has 2 aromatic rings. The lowest BCUT2D eigenvalue weighted by atomic mass is 10.1. The standard InChI is InChI=1S/C15H20FN5/c1-3-11(2)19-14-10-18-21-15(20-14)17-9-8-12-6-4-5-7-13(12)16/h4-7,10-11H,3,8-9H2,1-2H3,(H2,17,19,20,21). The third-order valence-corrected chi connectivity index (χ3v) is 3.20. The van der Waals surface area contributed by atoms with E-state index in [9.17, 15) is 4.39 Å². The Balaban J connectivity index is 1.88. The number of nitrogens with zero attached hydrogens (tertiary/aromatic N) is 3. The molecule has 1 unspecified atom stereocenters. The molecule has 21 heavy (non-hydrogen) atoms. The summed E-state index contributed by atoms with van der Waals surface area (Å²) < 4.78 is 13.5. The minimum absolute atomic E-state index is 0.189. The van der Waals surface area contributed by atoms with Gasteiger partial charge in [-0.05, 0) is 31.4 Å². The molecule has 0 bridgehead atoms. The molecule has 6 heteroatoms. The molecule has 2 rings (SSSR count). The van der Waals surface area contributed by atoms with Crippen molar-refractivity contribution in [1.29, 1.82) is 0 Å². The van der Waals surface area contributed by atoms with E-state index in [0.717, 1.165) is 6.42 Å². The van der Waals surface area contributed by atoms with Gasteiger partial charge in [-0.2, -0.15) is 10.1 Å². The number of hydrogen-bond donors (Lipinski definition) is 2. The van der Waals surface area contributed by atoms with Crippen LogP contribution in [0.15, 0.2) is 30.5 Å². The van der Waals surface area contributed by atoms with Gasteiger partial charge in [0.25, 0.3) is 0 Å². The molecule has 0 amide bonds. The van der Waals surface area contributed by atoms with E-state index in [0.29, 0.717) is 36.3 Å². The van der Waals surface area contributed by atoms with Gasteiger partial charge in [0.2, 0.25) is 5.95 Å². The first-order valence-electron chi connectivity index (χ1n) is 7.12. The molecule has 1 heterocycles. The van der Waals surface area contributed by atoms with Crippen LogP contribution < -0.4 is 10.6 Å². The highest BCUT2D eigenvalue weighted by atomic mass is 19.1. The predicted molar refractivity (Wildman–Crippen MR) is 81.8 cm³/mol. The highest BCUT2D eigenvalue weighted by Gasteiger charge is 2.04. The van der Waals surface area contributed by atoms with Crippen LogP contribution in [-0.4, -0.2) is 27.8 Å². The van der Waals surface area contributed by atoms with Crippen LogP contribution in [0.4, 0.5) is 16.2 Å². The average molecular weight is 289 g/mol. The summed E-state index contributed by atoms with van der Waals surface area (Å²) in [5, 5.41) is 14.1. The second-order valence-electron chi connectivity index (χ2n) is 4.89. The van der Waals surface area contributed by atoms with Gasteiger partial charge in [-0.25, -0.2) is 4.39 Å². The summed E-state index contributed by atoms with van der Waals surface area (Å²) in [4.78, 5) is 4.32. The second-order valence-corrected chi connectivity index (χ2v) is 4.89. The zero-order chi connectivity index (χ0) is 15.1. The summed E-state index contributed by atoms with van der Waals surface area (Å²) in [5.74, 6) is 0.943. The van der Waals surface area contributed by atoms with Crippen molar-refractivity contribution in [3.05, 3.63) is 41.8 Å². The van der Waals surface area contributed by atoms with E-state index in [1.54, 1.807) is 18.3 Å². The van der Waals surface area contributed by atoms with Gasteiger partial charge in [-0.1, -0.05) is 25.1 Å². The van der Waals surface area contributed by atoms with Crippen molar-refractivity contribution in [3.63, 3.8) is 0 Å². The molecule has 2 N–H and O–H groups in total. The third kappa shape index (κ3) is 4.66. The number of benzene rings is 1. The Kier molecular flexibility index (Phi) is 5.43. The third-order valence-electron chi connectivity index (χ3n) is 3.20. The molecule has 0 radical (unpaired) electrons. The van der Waals surface area contributed by atoms with Crippen molar-refractivity contribution in [2.24, 2.45) is 0 Å². The van der Waals surface area contributed by atoms with Gasteiger partial charge in [-0.3, -0.25) is 0 Å². The summed E-state index contributed by atoms with van der Waals surface area (Å²) in [5.41, 5.74) is 0.673. The van der Waals surface area contributed by atoms with Gasteiger partial charge in [0.15, 0.2) is 5.82 Å². The number of hydrogen-bond acceptors (Lipinski definition) is 5. The molecular formula is C15H20FN5. The summed E-state index contributed by atoms with van der Waals surface area (Å²) in [6.07, 6.45) is 3.16. The average Bonchev–Trinajstić information content (AvgIpc) is 2.49. The molecule has 5 nitrogen and oxygen atoms in total. The number of nitrogens with one attached hydrogen (secondary N) is 2. The Morgan fingerprint density at radius 2 is 2.10 bits per heavy atom. The maximum atomic E-state index is 13.5. The Morgan fingerprint density at radius 1 is 1.29 bits per heavy atom. The molecule has 1 atom stereocenters. The maximum Gasteiger partial charge on any atom is 0.244 e. The van der Waals surface area contributed by atoms with Crippen LogP contribution in [0.25, 0.3) is 0 Å². The summed E-state index contributed by atoms with van der Waals surface area (Å²) in [6.45, 7) is 4.72. The van der Waals surface area contributed by atoms with Gasteiger partial charge < -0.3 is 10.6 Å². The molecular weight excluding hydrogens is 269 g/mol. The summed E-state index contributed by atoms with van der Waals surface area (Å²) >= 11 is 0. The fourth-order valence-electron chi connectivity index (χ4n) is 1.81. The first kappa shape index (κ1) is 15.2. The van der Waals surface area contributed by atoms with Gasteiger partial charge in [0.1, 0.15) is 5.82 Å². The van der Waals surface area contributed by atoms with E-state index in [4.69, 9.17) is 0 Å². The van der Waals surface area contributed by atoms with Gasteiger partial charge in [0.05, 0.1) is 6.20 Å². The first-order valence-corrected chi connectivity index (χ1v) is 7.12. The Bertz CT molecular complexity index is 575. The van der Waals surface area contributed by atoms with Crippen LogP contribution >= 0.6 is 0 Å². The largest absolute Gasteiger partial charge is 0.366 e. The van der Waals surface area contributed by atoms with Crippen LogP contribution in [0.1, 0.15) is 25.8 Å². The van der Waals surface area contributed by atoms with Crippen LogP contribution in [0.2, 0.25) is 0 Å². The zero-order valence-electron chi connectivity index (χ0n) is 12.3. The van der Waals surface area contributed by atoms with E-state index < -0.39 is 0 Å². The molecule has 112 valence electrons. The minimum Gasteiger partial charge on any atom is -0.366 e. The second kappa shape index (κ2) is 7.52. The molecule has 0 aliphatic carbocycles. The number of halogens is 1. The maximum absolute atomic E-state index is 13.5. The molecule has 1 aromatic heterocycles. The SMILES string of the molecule is CCC(C)Nc1cnnc(NCCc2ccccc2F)n1. The number of rotatable bonds is 7. The van der Waals surface area contributed by atoms with Crippen LogP contribution in [0, 0.1) is 5.82 Å². The predicted octanol–water partition coefficient (Wildman–Crippen LogP) is 2.88. The minimum atomic E-state index is -0.189. The highest BCUT2D eigenvalue weighted by molar-refractivity contribution is 5.37. The van der Waals surface area contributed by atoms with Crippen molar-refractivity contribution in [3.8, 4) is 0 Å². The van der Waals surface area contributed by atoms with Gasteiger partial charge in [-0.15, -0.1) is 5.10 Å². The molecule has 0 fully saturated rings. The van der Waals surface area contributed by atoms with E-state index in [1.807, 2.05) is 6.07 Å². The van der Waals surface area contributed by atoms with E-state index in [2.05, 4.69) is 39.7 Å². The van der Waals surface area contributed by atoms with Crippen molar-refractivity contribution in [1.82, 2.24) is 15.2 Å². The lowest BCUT2D eigenvalue weighted by Crippen LogP contribution is -2.16. The lowest BCUT2D eigenvalue weighted by molar-refractivity contribution is 0.610.